The molecule has 0 spiro atoms. The van der Waals surface area contributed by atoms with Crippen LogP contribution in [0.15, 0.2) is 46.2 Å². The lowest BCUT2D eigenvalue weighted by Crippen LogP contribution is -2.30. The molecule has 3 rings (SSSR count). The number of sulfonamides is 1. The van der Waals surface area contributed by atoms with Crippen LogP contribution in [0.5, 0.6) is 0 Å². The summed E-state index contributed by atoms with van der Waals surface area (Å²) in [5.74, 6) is -0.641. The van der Waals surface area contributed by atoms with E-state index in [1.807, 2.05) is 6.07 Å². The molecule has 0 bridgehead atoms. The van der Waals surface area contributed by atoms with E-state index in [9.17, 15) is 13.2 Å². The predicted molar refractivity (Wildman–Crippen MR) is 80.2 cm³/mol. The summed E-state index contributed by atoms with van der Waals surface area (Å²) >= 11 is 0. The zero-order chi connectivity index (χ0) is 16.4. The smallest absolute Gasteiger partial charge is 0.341 e. The van der Waals surface area contributed by atoms with E-state index >= 15 is 0 Å². The van der Waals surface area contributed by atoms with Crippen LogP contribution in [0.1, 0.15) is 34.9 Å². The van der Waals surface area contributed by atoms with Crippen molar-refractivity contribution < 1.29 is 22.4 Å². The lowest BCUT2D eigenvalue weighted by atomic mass is 10.1. The largest absolute Gasteiger partial charge is 0.465 e. The Balaban J connectivity index is 1.92. The average molecular weight is 336 g/mol. The number of methoxy groups -OCH3 is 1. The number of nitrogens with zero attached hydrogens (tertiary/aromatic N) is 2. The number of rotatable bonds is 4. The zero-order valence-corrected chi connectivity index (χ0v) is 13.3. The van der Waals surface area contributed by atoms with E-state index in [2.05, 4.69) is 9.72 Å². The van der Waals surface area contributed by atoms with Crippen LogP contribution >= 0.6 is 0 Å². The lowest BCUT2D eigenvalue weighted by molar-refractivity contribution is 0.0600. The van der Waals surface area contributed by atoms with Gasteiger partial charge in [0.15, 0.2) is 0 Å². The Hall–Kier alpha value is -2.19. The van der Waals surface area contributed by atoms with Crippen LogP contribution < -0.4 is 0 Å². The van der Waals surface area contributed by atoms with Gasteiger partial charge in [-0.3, -0.25) is 4.98 Å². The monoisotopic (exact) mass is 336 g/mol. The van der Waals surface area contributed by atoms with Crippen molar-refractivity contribution in [1.29, 1.82) is 0 Å². The fourth-order valence-corrected chi connectivity index (χ4v) is 4.28. The molecule has 7 nitrogen and oxygen atoms in total. The van der Waals surface area contributed by atoms with Gasteiger partial charge in [-0.1, -0.05) is 6.07 Å². The van der Waals surface area contributed by atoms with Gasteiger partial charge < -0.3 is 9.15 Å². The molecule has 1 fully saturated rings. The van der Waals surface area contributed by atoms with Crippen molar-refractivity contribution in [3.8, 4) is 0 Å². The highest BCUT2D eigenvalue weighted by Crippen LogP contribution is 2.35. The van der Waals surface area contributed by atoms with Gasteiger partial charge in [0, 0.05) is 18.8 Å². The lowest BCUT2D eigenvalue weighted by Gasteiger charge is -2.22. The Labute approximate surface area is 133 Å². The van der Waals surface area contributed by atoms with Crippen molar-refractivity contribution in [3.63, 3.8) is 0 Å². The molecule has 0 N–H and O–H groups in total. The zero-order valence-electron chi connectivity index (χ0n) is 12.5. The highest BCUT2D eigenvalue weighted by molar-refractivity contribution is 7.89. The van der Waals surface area contributed by atoms with Gasteiger partial charge in [-0.25, -0.2) is 13.2 Å². The van der Waals surface area contributed by atoms with E-state index in [1.54, 1.807) is 18.3 Å². The molecular weight excluding hydrogens is 320 g/mol. The summed E-state index contributed by atoms with van der Waals surface area (Å²) in [4.78, 5) is 15.7. The molecule has 2 aromatic heterocycles. The van der Waals surface area contributed by atoms with Crippen LogP contribution in [-0.2, 0) is 14.8 Å². The maximum atomic E-state index is 12.8. The van der Waals surface area contributed by atoms with Gasteiger partial charge in [0.25, 0.3) is 10.0 Å². The normalized spacial score (nSPS) is 18.9. The standard InChI is InChI=1S/C15H16N2O5S/c1-21-15(18)11-9-14(22-10-11)23(19,20)17-8-4-6-13(17)12-5-2-3-7-16-12/h2-3,5,7,9-10,13H,4,6,8H2,1H3. The summed E-state index contributed by atoms with van der Waals surface area (Å²) in [7, 11) is -2.61. The van der Waals surface area contributed by atoms with E-state index < -0.39 is 16.0 Å². The predicted octanol–water partition coefficient (Wildman–Crippen LogP) is 1.99. The number of hydrogen-bond donors (Lipinski definition) is 0. The van der Waals surface area contributed by atoms with E-state index in [-0.39, 0.29) is 16.7 Å². The van der Waals surface area contributed by atoms with Crippen molar-refractivity contribution in [1.82, 2.24) is 9.29 Å². The molecule has 1 unspecified atom stereocenters. The first-order chi connectivity index (χ1) is 11.0. The number of carbonyl (C=O) groups excluding carboxylic acids is 1. The molecule has 0 aliphatic carbocycles. The van der Waals surface area contributed by atoms with Gasteiger partial charge in [0.05, 0.1) is 24.4 Å². The van der Waals surface area contributed by atoms with Crippen LogP contribution in [0.3, 0.4) is 0 Å². The first kappa shape index (κ1) is 15.7. The third kappa shape index (κ3) is 2.87. The quantitative estimate of drug-likeness (QED) is 0.793. The molecule has 1 aliphatic heterocycles. The second-order valence-corrected chi connectivity index (χ2v) is 7.00. The molecule has 2 aromatic rings. The third-order valence-electron chi connectivity index (χ3n) is 3.79. The minimum Gasteiger partial charge on any atom is -0.465 e. The molecule has 1 saturated heterocycles. The van der Waals surface area contributed by atoms with Crippen LogP contribution in [0.2, 0.25) is 0 Å². The fourth-order valence-electron chi connectivity index (χ4n) is 2.69. The molecule has 3 heterocycles. The topological polar surface area (TPSA) is 89.7 Å². The minimum atomic E-state index is -3.84. The van der Waals surface area contributed by atoms with Crippen LogP contribution in [0.25, 0.3) is 0 Å². The minimum absolute atomic E-state index is 0.0691. The number of furan rings is 1. The van der Waals surface area contributed by atoms with E-state index in [0.717, 1.165) is 12.7 Å². The van der Waals surface area contributed by atoms with Crippen LogP contribution in [0.4, 0.5) is 0 Å². The van der Waals surface area contributed by atoms with E-state index in [4.69, 9.17) is 4.42 Å². The highest BCUT2D eigenvalue weighted by Gasteiger charge is 2.38. The van der Waals surface area contributed by atoms with Crippen molar-refractivity contribution >= 4 is 16.0 Å². The Morgan fingerprint density at radius 2 is 2.26 bits per heavy atom. The molecule has 0 radical (unpaired) electrons. The summed E-state index contributed by atoms with van der Waals surface area (Å²) in [5, 5.41) is -0.263. The fraction of sp³-hybridized carbons (Fsp3) is 0.333. The molecule has 1 aliphatic rings. The van der Waals surface area contributed by atoms with Gasteiger partial charge in [-0.05, 0) is 25.0 Å². The molecule has 1 atom stereocenters. The number of hydrogen-bond acceptors (Lipinski definition) is 6. The molecule has 8 heteroatoms. The molecule has 0 amide bonds. The summed E-state index contributed by atoms with van der Waals surface area (Å²) < 4.78 is 36.6. The van der Waals surface area contributed by atoms with Crippen molar-refractivity contribution in [2.24, 2.45) is 0 Å². The Morgan fingerprint density at radius 3 is 2.96 bits per heavy atom. The summed E-state index contributed by atoms with van der Waals surface area (Å²) in [6.45, 7) is 0.387. The summed E-state index contributed by atoms with van der Waals surface area (Å²) in [6, 6.07) is 6.28. The maximum Gasteiger partial charge on any atom is 0.341 e. The van der Waals surface area contributed by atoms with Crippen molar-refractivity contribution in [2.45, 2.75) is 24.0 Å². The Morgan fingerprint density at radius 1 is 1.43 bits per heavy atom. The van der Waals surface area contributed by atoms with Gasteiger partial charge >= 0.3 is 5.97 Å². The van der Waals surface area contributed by atoms with Crippen LogP contribution in [0, 0.1) is 0 Å². The first-order valence-electron chi connectivity index (χ1n) is 7.13. The van der Waals surface area contributed by atoms with Crippen molar-refractivity contribution in [3.05, 3.63) is 48.0 Å². The Bertz CT molecular complexity index is 800. The molecule has 0 aromatic carbocycles. The van der Waals surface area contributed by atoms with E-state index in [1.165, 1.54) is 17.5 Å². The van der Waals surface area contributed by atoms with Gasteiger partial charge in [0.2, 0.25) is 5.09 Å². The van der Waals surface area contributed by atoms with Crippen molar-refractivity contribution in [2.75, 3.05) is 13.7 Å². The summed E-state index contributed by atoms with van der Waals surface area (Å²) in [6.07, 6.45) is 4.16. The second-order valence-electron chi connectivity index (χ2n) is 5.17. The number of esters is 1. The first-order valence-corrected chi connectivity index (χ1v) is 8.57. The van der Waals surface area contributed by atoms with Gasteiger partial charge in [-0.15, -0.1) is 0 Å². The van der Waals surface area contributed by atoms with E-state index in [0.29, 0.717) is 18.7 Å². The molecule has 0 saturated carbocycles. The molecular formula is C15H16N2O5S. The maximum absolute atomic E-state index is 12.8. The number of pyridine rings is 1. The Kier molecular flexibility index (Phi) is 4.18. The summed E-state index contributed by atoms with van der Waals surface area (Å²) in [5.41, 5.74) is 0.771. The average Bonchev–Trinajstić information content (AvgIpc) is 3.24. The highest BCUT2D eigenvalue weighted by atomic mass is 32.2. The molecule has 122 valence electrons. The second kappa shape index (κ2) is 6.13. The number of carbonyl (C=O) groups is 1. The SMILES string of the molecule is COC(=O)c1coc(S(=O)(=O)N2CCCC2c2ccccn2)c1. The number of aromatic nitrogens is 1. The third-order valence-corrected chi connectivity index (χ3v) is 5.57. The van der Waals surface area contributed by atoms with Crippen LogP contribution in [-0.4, -0.2) is 37.3 Å². The van der Waals surface area contributed by atoms with Gasteiger partial charge in [0.1, 0.15) is 6.26 Å². The molecule has 23 heavy (non-hydrogen) atoms. The number of ether oxygens (including phenoxy) is 1. The van der Waals surface area contributed by atoms with Gasteiger partial charge in [-0.2, -0.15) is 4.31 Å².